The van der Waals surface area contributed by atoms with Crippen LogP contribution in [-0.4, -0.2) is 28.2 Å². The minimum Gasteiger partial charge on any atom is -0.334 e. The van der Waals surface area contributed by atoms with Crippen LogP contribution in [0.1, 0.15) is 44.3 Å². The van der Waals surface area contributed by atoms with Crippen molar-refractivity contribution in [2.45, 2.75) is 19.9 Å². The molecule has 0 spiro atoms. The Hall–Kier alpha value is -4.25. The number of carbonyl (C=O) groups is 2. The van der Waals surface area contributed by atoms with E-state index in [0.717, 1.165) is 33.2 Å². The first-order valence-electron chi connectivity index (χ1n) is 11.3. The van der Waals surface area contributed by atoms with Gasteiger partial charge in [-0.25, -0.2) is 0 Å². The lowest BCUT2D eigenvalue weighted by Crippen LogP contribution is -2.38. The summed E-state index contributed by atoms with van der Waals surface area (Å²) < 4.78 is 0. The lowest BCUT2D eigenvalue weighted by Gasteiger charge is -2.30. The van der Waals surface area contributed by atoms with Crippen molar-refractivity contribution in [3.63, 3.8) is 0 Å². The van der Waals surface area contributed by atoms with Crippen LogP contribution in [-0.2, 0) is 13.0 Å². The molecule has 1 aliphatic rings. The van der Waals surface area contributed by atoms with Gasteiger partial charge in [-0.2, -0.15) is 0 Å². The van der Waals surface area contributed by atoms with Gasteiger partial charge >= 0.3 is 0 Å². The molecular formula is C29H25N3O2. The van der Waals surface area contributed by atoms with E-state index < -0.39 is 0 Å². The van der Waals surface area contributed by atoms with Gasteiger partial charge < -0.3 is 10.2 Å². The maximum Gasteiger partial charge on any atom is 0.255 e. The molecular weight excluding hydrogens is 422 g/mol. The molecule has 5 rings (SSSR count). The molecule has 0 bridgehead atoms. The Kier molecular flexibility index (Phi) is 5.68. The van der Waals surface area contributed by atoms with Crippen LogP contribution < -0.4 is 5.32 Å². The Bertz CT molecular complexity index is 1420. The Balaban J connectivity index is 1.37. The molecule has 0 atom stereocenters. The molecule has 0 radical (unpaired) electrons. The normalized spacial score (nSPS) is 13.0. The summed E-state index contributed by atoms with van der Waals surface area (Å²) in [6.45, 7) is 6.95. The number of nitrogens with one attached hydrogen (secondary N) is 1. The van der Waals surface area contributed by atoms with Gasteiger partial charge in [0.15, 0.2) is 0 Å². The van der Waals surface area contributed by atoms with Crippen LogP contribution in [0, 0.1) is 0 Å². The zero-order valence-corrected chi connectivity index (χ0v) is 19.0. The van der Waals surface area contributed by atoms with Crippen LogP contribution in [0.2, 0.25) is 0 Å². The van der Waals surface area contributed by atoms with E-state index in [9.17, 15) is 9.59 Å². The van der Waals surface area contributed by atoms with E-state index in [1.807, 2.05) is 72.5 Å². The fraction of sp³-hybridized carbons (Fsp3) is 0.138. The van der Waals surface area contributed by atoms with Crippen LogP contribution >= 0.6 is 0 Å². The van der Waals surface area contributed by atoms with E-state index >= 15 is 0 Å². The largest absolute Gasteiger partial charge is 0.334 e. The predicted molar refractivity (Wildman–Crippen MR) is 136 cm³/mol. The van der Waals surface area contributed by atoms with Crippen LogP contribution in [0.3, 0.4) is 0 Å². The highest BCUT2D eigenvalue weighted by Crippen LogP contribution is 2.26. The lowest BCUT2D eigenvalue weighted by atomic mass is 9.93. The first-order valence-corrected chi connectivity index (χ1v) is 11.3. The minimum atomic E-state index is -0.207. The third-order valence-corrected chi connectivity index (χ3v) is 6.31. The molecule has 1 aromatic heterocycles. The molecule has 4 aromatic rings. The maximum atomic E-state index is 13.4. The minimum absolute atomic E-state index is 0.0531. The summed E-state index contributed by atoms with van der Waals surface area (Å²) in [4.78, 5) is 32.7. The molecule has 3 aromatic carbocycles. The van der Waals surface area contributed by atoms with Crippen LogP contribution in [0.4, 0.5) is 5.69 Å². The third-order valence-electron chi connectivity index (χ3n) is 6.31. The number of hydrogen-bond donors (Lipinski definition) is 1. The molecule has 2 heterocycles. The van der Waals surface area contributed by atoms with Gasteiger partial charge in [-0.3, -0.25) is 14.6 Å². The Morgan fingerprint density at radius 3 is 2.62 bits per heavy atom. The summed E-state index contributed by atoms with van der Waals surface area (Å²) in [5, 5.41) is 4.01. The lowest BCUT2D eigenvalue weighted by molar-refractivity contribution is 0.0727. The number of anilines is 1. The van der Waals surface area contributed by atoms with Crippen LogP contribution in [0.25, 0.3) is 16.5 Å². The summed E-state index contributed by atoms with van der Waals surface area (Å²) in [7, 11) is 0. The van der Waals surface area contributed by atoms with E-state index in [0.29, 0.717) is 36.3 Å². The number of rotatable bonds is 5. The number of hydrogen-bond acceptors (Lipinski definition) is 3. The number of aromatic nitrogens is 1. The van der Waals surface area contributed by atoms with Crippen molar-refractivity contribution in [3.05, 3.63) is 113 Å². The van der Waals surface area contributed by atoms with Gasteiger partial charge in [-0.15, -0.1) is 0 Å². The second kappa shape index (κ2) is 8.94. The standard InChI is InChI=1S/C29H25N3O2/c1-19(2)20-10-12-22(13-11-20)31-28(33)25-7-5-8-26-24(25)15-17-32(29(26)34)18-21-14-16-30-27-9-4-3-6-23(21)27/h3-14,16H,1,15,17-18H2,2H3,(H,31,33). The highest BCUT2D eigenvalue weighted by atomic mass is 16.2. The molecule has 0 fully saturated rings. The van der Waals surface area contributed by atoms with Crippen molar-refractivity contribution in [2.24, 2.45) is 0 Å². The fourth-order valence-corrected chi connectivity index (χ4v) is 4.47. The van der Waals surface area contributed by atoms with E-state index in [1.54, 1.807) is 18.3 Å². The first-order chi connectivity index (χ1) is 16.5. The van der Waals surface area contributed by atoms with Crippen LogP contribution in [0.15, 0.2) is 85.6 Å². The fourth-order valence-electron chi connectivity index (χ4n) is 4.47. The number of allylic oxidation sites excluding steroid dienone is 1. The van der Waals surface area contributed by atoms with Crippen molar-refractivity contribution < 1.29 is 9.59 Å². The number of para-hydroxylation sites is 1. The molecule has 168 valence electrons. The zero-order chi connectivity index (χ0) is 23.7. The smallest absolute Gasteiger partial charge is 0.255 e. The van der Waals surface area contributed by atoms with Gasteiger partial charge in [0.25, 0.3) is 11.8 Å². The van der Waals surface area contributed by atoms with Crippen molar-refractivity contribution in [3.8, 4) is 0 Å². The van der Waals surface area contributed by atoms with E-state index in [1.165, 1.54) is 0 Å². The van der Waals surface area contributed by atoms with Crippen LogP contribution in [0.5, 0.6) is 0 Å². The number of benzene rings is 3. The second-order valence-corrected chi connectivity index (χ2v) is 8.61. The summed E-state index contributed by atoms with van der Waals surface area (Å²) in [5.74, 6) is -0.260. The quantitative estimate of drug-likeness (QED) is 0.426. The number of nitrogens with zero attached hydrogens (tertiary/aromatic N) is 2. The maximum absolute atomic E-state index is 13.4. The molecule has 0 aliphatic carbocycles. The van der Waals surface area contributed by atoms with Gasteiger partial charge in [0, 0.05) is 41.5 Å². The Morgan fingerprint density at radius 1 is 1.03 bits per heavy atom. The van der Waals surface area contributed by atoms with Gasteiger partial charge in [0.05, 0.1) is 5.52 Å². The summed E-state index contributed by atoms with van der Waals surface area (Å²) in [6, 6.07) is 22.9. The third kappa shape index (κ3) is 4.08. The van der Waals surface area contributed by atoms with Gasteiger partial charge in [0.2, 0.25) is 0 Å². The van der Waals surface area contributed by atoms with Crippen molar-refractivity contribution in [1.82, 2.24) is 9.88 Å². The molecule has 1 N–H and O–H groups in total. The SMILES string of the molecule is C=C(C)c1ccc(NC(=O)c2cccc3c2CCN(Cc2ccnc4ccccc24)C3=O)cc1. The van der Waals surface area contributed by atoms with E-state index in [-0.39, 0.29) is 11.8 Å². The highest BCUT2D eigenvalue weighted by molar-refractivity contribution is 6.08. The molecule has 0 unspecified atom stereocenters. The van der Waals surface area contributed by atoms with E-state index in [2.05, 4.69) is 16.9 Å². The second-order valence-electron chi connectivity index (χ2n) is 8.61. The predicted octanol–water partition coefficient (Wildman–Crippen LogP) is 5.72. The monoisotopic (exact) mass is 447 g/mol. The number of pyridine rings is 1. The molecule has 0 saturated heterocycles. The van der Waals surface area contributed by atoms with Crippen molar-refractivity contribution in [1.29, 1.82) is 0 Å². The van der Waals surface area contributed by atoms with Crippen molar-refractivity contribution in [2.75, 3.05) is 11.9 Å². The summed E-state index contributed by atoms with van der Waals surface area (Å²) in [6.07, 6.45) is 2.41. The van der Waals surface area contributed by atoms with Crippen molar-refractivity contribution >= 4 is 34.0 Å². The Labute approximate surface area is 198 Å². The number of fused-ring (bicyclic) bond motifs is 2. The van der Waals surface area contributed by atoms with Gasteiger partial charge in [-0.1, -0.05) is 48.6 Å². The topological polar surface area (TPSA) is 62.3 Å². The van der Waals surface area contributed by atoms with Gasteiger partial charge in [0.1, 0.15) is 0 Å². The molecule has 2 amide bonds. The number of carbonyl (C=O) groups excluding carboxylic acids is 2. The molecule has 0 saturated carbocycles. The first kappa shape index (κ1) is 21.6. The highest BCUT2D eigenvalue weighted by Gasteiger charge is 2.28. The average molecular weight is 448 g/mol. The molecule has 5 heteroatoms. The summed E-state index contributed by atoms with van der Waals surface area (Å²) in [5.41, 5.74) is 6.63. The molecule has 5 nitrogen and oxygen atoms in total. The van der Waals surface area contributed by atoms with Gasteiger partial charge in [-0.05, 0) is 66.4 Å². The molecule has 1 aliphatic heterocycles. The number of amides is 2. The average Bonchev–Trinajstić information content (AvgIpc) is 2.86. The zero-order valence-electron chi connectivity index (χ0n) is 19.0. The summed E-state index contributed by atoms with van der Waals surface area (Å²) >= 11 is 0. The van der Waals surface area contributed by atoms with E-state index in [4.69, 9.17) is 0 Å². The Morgan fingerprint density at radius 2 is 1.82 bits per heavy atom. The molecule has 34 heavy (non-hydrogen) atoms.